The quantitative estimate of drug-likeness (QED) is 0.595. The Labute approximate surface area is 95.2 Å². The summed E-state index contributed by atoms with van der Waals surface area (Å²) in [5.41, 5.74) is 5.64. The molecule has 84 valence electrons. The largest absolute Gasteiger partial charge is 0.328 e. The third-order valence-electron chi connectivity index (χ3n) is 2.15. The Kier molecular flexibility index (Phi) is 5.73. The van der Waals surface area contributed by atoms with Crippen LogP contribution in [0.4, 0.5) is 4.39 Å². The van der Waals surface area contributed by atoms with Crippen LogP contribution in [-0.2, 0) is 0 Å². The number of rotatable bonds is 6. The standard InChI is InChI=1S/C12H18FNS/c1-10(14)6-4-5-9-15-12-8-3-2-7-11(12)13/h2-3,7-8,10H,4-6,9,14H2,1H3. The Hall–Kier alpha value is -0.540. The highest BCUT2D eigenvalue weighted by molar-refractivity contribution is 7.99. The van der Waals surface area contributed by atoms with Crippen molar-refractivity contribution in [2.45, 2.75) is 37.1 Å². The highest BCUT2D eigenvalue weighted by atomic mass is 32.2. The van der Waals surface area contributed by atoms with Crippen molar-refractivity contribution in [1.29, 1.82) is 0 Å². The van der Waals surface area contributed by atoms with Crippen molar-refractivity contribution in [2.75, 3.05) is 5.75 Å². The SMILES string of the molecule is CC(N)CCCCSc1ccccc1F. The van der Waals surface area contributed by atoms with Crippen molar-refractivity contribution in [1.82, 2.24) is 0 Å². The van der Waals surface area contributed by atoms with E-state index in [9.17, 15) is 4.39 Å². The summed E-state index contributed by atoms with van der Waals surface area (Å²) in [6.45, 7) is 2.02. The smallest absolute Gasteiger partial charge is 0.136 e. The zero-order chi connectivity index (χ0) is 11.1. The fourth-order valence-corrected chi connectivity index (χ4v) is 2.26. The average Bonchev–Trinajstić information content (AvgIpc) is 2.20. The summed E-state index contributed by atoms with van der Waals surface area (Å²) < 4.78 is 13.2. The number of hydrogen-bond acceptors (Lipinski definition) is 2. The van der Waals surface area contributed by atoms with E-state index in [-0.39, 0.29) is 11.9 Å². The summed E-state index contributed by atoms with van der Waals surface area (Å²) in [5, 5.41) is 0. The zero-order valence-electron chi connectivity index (χ0n) is 9.08. The molecule has 0 amide bonds. The van der Waals surface area contributed by atoms with Gasteiger partial charge in [-0.25, -0.2) is 4.39 Å². The molecule has 0 aromatic heterocycles. The van der Waals surface area contributed by atoms with E-state index in [1.54, 1.807) is 17.8 Å². The van der Waals surface area contributed by atoms with Gasteiger partial charge in [-0.3, -0.25) is 0 Å². The number of thioether (sulfide) groups is 1. The van der Waals surface area contributed by atoms with Gasteiger partial charge < -0.3 is 5.73 Å². The molecule has 0 aliphatic carbocycles. The third-order valence-corrected chi connectivity index (χ3v) is 3.28. The molecule has 1 unspecified atom stereocenters. The molecule has 1 nitrogen and oxygen atoms in total. The van der Waals surface area contributed by atoms with Gasteiger partial charge in [0.05, 0.1) is 0 Å². The van der Waals surface area contributed by atoms with Crippen LogP contribution >= 0.6 is 11.8 Å². The third kappa shape index (κ3) is 5.19. The fourth-order valence-electron chi connectivity index (χ4n) is 1.31. The van der Waals surface area contributed by atoms with Gasteiger partial charge in [0.15, 0.2) is 0 Å². The Morgan fingerprint density at radius 2 is 2.07 bits per heavy atom. The summed E-state index contributed by atoms with van der Waals surface area (Å²) in [6, 6.07) is 7.20. The highest BCUT2D eigenvalue weighted by Crippen LogP contribution is 2.22. The summed E-state index contributed by atoms with van der Waals surface area (Å²) in [5.74, 6) is 0.850. The summed E-state index contributed by atoms with van der Waals surface area (Å²) in [7, 11) is 0. The Morgan fingerprint density at radius 3 is 2.73 bits per heavy atom. The topological polar surface area (TPSA) is 26.0 Å². The average molecular weight is 227 g/mol. The van der Waals surface area contributed by atoms with Crippen LogP contribution in [-0.4, -0.2) is 11.8 Å². The molecule has 15 heavy (non-hydrogen) atoms. The van der Waals surface area contributed by atoms with Crippen molar-refractivity contribution < 1.29 is 4.39 Å². The summed E-state index contributed by atoms with van der Waals surface area (Å²) in [4.78, 5) is 0.748. The first-order valence-corrected chi connectivity index (χ1v) is 6.31. The van der Waals surface area contributed by atoms with Gasteiger partial charge in [0, 0.05) is 10.9 Å². The minimum atomic E-state index is -0.116. The minimum Gasteiger partial charge on any atom is -0.328 e. The van der Waals surface area contributed by atoms with E-state index in [0.29, 0.717) is 0 Å². The van der Waals surface area contributed by atoms with Gasteiger partial charge in [-0.15, -0.1) is 11.8 Å². The zero-order valence-corrected chi connectivity index (χ0v) is 9.90. The molecule has 0 radical (unpaired) electrons. The van der Waals surface area contributed by atoms with Crippen molar-refractivity contribution in [3.8, 4) is 0 Å². The second-order valence-corrected chi connectivity index (χ2v) is 4.89. The van der Waals surface area contributed by atoms with Crippen LogP contribution in [0.1, 0.15) is 26.2 Å². The lowest BCUT2D eigenvalue weighted by Crippen LogP contribution is -2.13. The van der Waals surface area contributed by atoms with E-state index >= 15 is 0 Å². The molecule has 1 aromatic carbocycles. The van der Waals surface area contributed by atoms with Crippen LogP contribution in [0.2, 0.25) is 0 Å². The van der Waals surface area contributed by atoms with Crippen LogP contribution in [0.25, 0.3) is 0 Å². The Balaban J connectivity index is 2.18. The van der Waals surface area contributed by atoms with Crippen LogP contribution in [0, 0.1) is 5.82 Å². The number of hydrogen-bond donors (Lipinski definition) is 1. The number of benzene rings is 1. The van der Waals surface area contributed by atoms with Crippen molar-refractivity contribution in [3.63, 3.8) is 0 Å². The van der Waals surface area contributed by atoms with Gasteiger partial charge >= 0.3 is 0 Å². The van der Waals surface area contributed by atoms with Crippen molar-refractivity contribution in [3.05, 3.63) is 30.1 Å². The Morgan fingerprint density at radius 1 is 1.33 bits per heavy atom. The molecule has 0 heterocycles. The van der Waals surface area contributed by atoms with Gasteiger partial charge in [-0.1, -0.05) is 18.6 Å². The number of halogens is 1. The Bertz CT molecular complexity index is 289. The van der Waals surface area contributed by atoms with E-state index in [4.69, 9.17) is 5.73 Å². The molecule has 1 atom stereocenters. The van der Waals surface area contributed by atoms with Gasteiger partial charge in [0.25, 0.3) is 0 Å². The lowest BCUT2D eigenvalue weighted by atomic mass is 10.2. The van der Waals surface area contributed by atoms with E-state index in [1.165, 1.54) is 6.07 Å². The summed E-state index contributed by atoms with van der Waals surface area (Å²) in [6.07, 6.45) is 3.28. The fraction of sp³-hybridized carbons (Fsp3) is 0.500. The van der Waals surface area contributed by atoms with Gasteiger partial charge in [0.2, 0.25) is 0 Å². The lowest BCUT2D eigenvalue weighted by molar-refractivity contribution is 0.600. The second-order valence-electron chi connectivity index (χ2n) is 3.75. The van der Waals surface area contributed by atoms with E-state index in [2.05, 4.69) is 0 Å². The molecule has 2 N–H and O–H groups in total. The molecule has 0 spiro atoms. The highest BCUT2D eigenvalue weighted by Gasteiger charge is 2.00. The molecule has 0 aliphatic heterocycles. The first-order chi connectivity index (χ1) is 7.20. The van der Waals surface area contributed by atoms with Gasteiger partial charge in [-0.2, -0.15) is 0 Å². The van der Waals surface area contributed by atoms with Crippen LogP contribution < -0.4 is 5.73 Å². The molecule has 0 bridgehead atoms. The van der Waals surface area contributed by atoms with E-state index in [0.717, 1.165) is 29.9 Å². The monoisotopic (exact) mass is 227 g/mol. The number of unbranched alkanes of at least 4 members (excludes halogenated alkanes) is 1. The predicted molar refractivity (Wildman–Crippen MR) is 64.6 cm³/mol. The number of nitrogens with two attached hydrogens (primary N) is 1. The molecule has 0 saturated carbocycles. The van der Waals surface area contributed by atoms with Crippen LogP contribution in [0.3, 0.4) is 0 Å². The maximum atomic E-state index is 13.2. The molecule has 0 fully saturated rings. The predicted octanol–water partition coefficient (Wildman–Crippen LogP) is 3.44. The second kappa shape index (κ2) is 6.85. The normalized spacial score (nSPS) is 12.7. The van der Waals surface area contributed by atoms with E-state index in [1.807, 2.05) is 19.1 Å². The molecule has 0 aliphatic rings. The van der Waals surface area contributed by atoms with Crippen LogP contribution in [0.5, 0.6) is 0 Å². The molecule has 3 heteroatoms. The van der Waals surface area contributed by atoms with Gasteiger partial charge in [0.1, 0.15) is 5.82 Å². The molecule has 1 aromatic rings. The molecule has 1 rings (SSSR count). The molecule has 0 saturated heterocycles. The molecular formula is C12H18FNS. The summed E-state index contributed by atoms with van der Waals surface area (Å²) >= 11 is 1.58. The molecular weight excluding hydrogens is 209 g/mol. The minimum absolute atomic E-state index is 0.116. The lowest BCUT2D eigenvalue weighted by Gasteiger charge is -2.05. The van der Waals surface area contributed by atoms with Gasteiger partial charge in [-0.05, 0) is 37.7 Å². The maximum Gasteiger partial charge on any atom is 0.136 e. The first kappa shape index (κ1) is 12.5. The van der Waals surface area contributed by atoms with E-state index < -0.39 is 0 Å². The first-order valence-electron chi connectivity index (χ1n) is 5.33. The maximum absolute atomic E-state index is 13.2. The van der Waals surface area contributed by atoms with Crippen molar-refractivity contribution in [2.24, 2.45) is 5.73 Å². The van der Waals surface area contributed by atoms with Crippen LogP contribution in [0.15, 0.2) is 29.2 Å². The van der Waals surface area contributed by atoms with Crippen molar-refractivity contribution >= 4 is 11.8 Å².